The van der Waals surface area contributed by atoms with Gasteiger partial charge in [-0.3, -0.25) is 4.79 Å². The van der Waals surface area contributed by atoms with Crippen LogP contribution in [0.5, 0.6) is 0 Å². The highest BCUT2D eigenvalue weighted by molar-refractivity contribution is 5.92. The molecule has 0 aliphatic carbocycles. The molecule has 1 aliphatic heterocycles. The molecule has 144 valence electrons. The number of carbonyl (C=O) groups is 2. The highest BCUT2D eigenvalue weighted by atomic mass is 16.5. The Labute approximate surface area is 156 Å². The summed E-state index contributed by atoms with van der Waals surface area (Å²) in [5.41, 5.74) is 1.43. The molecule has 6 nitrogen and oxygen atoms in total. The Balaban J connectivity index is 1.65. The first-order valence-corrected chi connectivity index (χ1v) is 9.73. The van der Waals surface area contributed by atoms with E-state index in [0.717, 1.165) is 38.0 Å². The first kappa shape index (κ1) is 20.2. The van der Waals surface area contributed by atoms with E-state index in [4.69, 9.17) is 4.74 Å². The van der Waals surface area contributed by atoms with Crippen LogP contribution in [0, 0.1) is 0 Å². The number of hydrogen-bond acceptors (Lipinski definition) is 3. The molecule has 3 amide bonds. The zero-order chi connectivity index (χ0) is 18.6. The summed E-state index contributed by atoms with van der Waals surface area (Å²) >= 11 is 0. The molecular weight excluding hydrogens is 330 g/mol. The van der Waals surface area contributed by atoms with E-state index in [2.05, 4.69) is 22.9 Å². The third-order valence-electron chi connectivity index (χ3n) is 4.45. The van der Waals surface area contributed by atoms with E-state index in [1.54, 1.807) is 24.3 Å². The Morgan fingerprint density at radius 1 is 1.04 bits per heavy atom. The number of nitrogens with one attached hydrogen (secondary N) is 3. The van der Waals surface area contributed by atoms with E-state index in [9.17, 15) is 9.59 Å². The molecule has 2 rings (SSSR count). The molecule has 0 radical (unpaired) electrons. The molecule has 1 atom stereocenters. The second-order valence-corrected chi connectivity index (χ2v) is 6.76. The van der Waals surface area contributed by atoms with E-state index in [1.807, 2.05) is 0 Å². The predicted molar refractivity (Wildman–Crippen MR) is 104 cm³/mol. The maximum Gasteiger partial charge on any atom is 0.319 e. The van der Waals surface area contributed by atoms with E-state index < -0.39 is 0 Å². The van der Waals surface area contributed by atoms with Crippen molar-refractivity contribution in [3.8, 4) is 0 Å². The maximum atomic E-state index is 11.9. The summed E-state index contributed by atoms with van der Waals surface area (Å²) in [7, 11) is 0. The molecule has 1 aromatic rings. The van der Waals surface area contributed by atoms with Crippen LogP contribution in [-0.4, -0.2) is 31.2 Å². The number of carbonyl (C=O) groups excluding carboxylic acids is 2. The van der Waals surface area contributed by atoms with Gasteiger partial charge in [0, 0.05) is 30.9 Å². The largest absolute Gasteiger partial charge is 0.376 e. The lowest BCUT2D eigenvalue weighted by atomic mass is 10.1. The Hall–Kier alpha value is -2.08. The fraction of sp³-hybridized carbons (Fsp3) is 0.600. The molecule has 1 aliphatic rings. The van der Waals surface area contributed by atoms with Gasteiger partial charge < -0.3 is 20.7 Å². The minimum absolute atomic E-state index is 0.0384. The number of anilines is 2. The van der Waals surface area contributed by atoms with Gasteiger partial charge in [0.1, 0.15) is 0 Å². The van der Waals surface area contributed by atoms with E-state index >= 15 is 0 Å². The molecule has 0 bridgehead atoms. The van der Waals surface area contributed by atoms with E-state index in [-0.39, 0.29) is 18.0 Å². The van der Waals surface area contributed by atoms with Crippen molar-refractivity contribution in [2.45, 2.75) is 64.4 Å². The van der Waals surface area contributed by atoms with Crippen molar-refractivity contribution in [2.75, 3.05) is 23.8 Å². The van der Waals surface area contributed by atoms with Crippen LogP contribution in [-0.2, 0) is 9.53 Å². The quantitative estimate of drug-likeness (QED) is 0.544. The predicted octanol–water partition coefficient (Wildman–Crippen LogP) is 4.29. The van der Waals surface area contributed by atoms with Crippen LogP contribution in [0.2, 0.25) is 0 Å². The molecule has 3 N–H and O–H groups in total. The molecule has 0 spiro atoms. The van der Waals surface area contributed by atoms with Crippen LogP contribution >= 0.6 is 0 Å². The Morgan fingerprint density at radius 3 is 2.38 bits per heavy atom. The summed E-state index contributed by atoms with van der Waals surface area (Å²) < 4.78 is 5.47. The standard InChI is InChI=1S/C20H31N3O3/c1-2-3-4-5-6-9-19(24)22-16-10-12-17(13-11-16)23-20(25)21-15-18-8-7-14-26-18/h10-13,18H,2-9,14-15H2,1H3,(H,22,24)(H2,21,23,25). The molecular formula is C20H31N3O3. The van der Waals surface area contributed by atoms with Gasteiger partial charge in [0.15, 0.2) is 0 Å². The van der Waals surface area contributed by atoms with E-state index in [1.165, 1.54) is 19.3 Å². The van der Waals surface area contributed by atoms with Crippen molar-refractivity contribution in [3.63, 3.8) is 0 Å². The van der Waals surface area contributed by atoms with Gasteiger partial charge >= 0.3 is 6.03 Å². The van der Waals surface area contributed by atoms with Crippen molar-refractivity contribution in [2.24, 2.45) is 0 Å². The molecule has 1 aromatic carbocycles. The summed E-state index contributed by atoms with van der Waals surface area (Å²) in [6.45, 7) is 3.48. The first-order valence-electron chi connectivity index (χ1n) is 9.73. The summed E-state index contributed by atoms with van der Waals surface area (Å²) in [6, 6.07) is 6.91. The Kier molecular flexibility index (Phi) is 8.96. The number of benzene rings is 1. The Bertz CT molecular complexity index is 554. The molecule has 0 aromatic heterocycles. The van der Waals surface area contributed by atoms with Crippen LogP contribution in [0.25, 0.3) is 0 Å². The summed E-state index contributed by atoms with van der Waals surface area (Å²) in [5, 5.41) is 8.49. The highest BCUT2D eigenvalue weighted by Gasteiger charge is 2.16. The number of urea groups is 1. The second kappa shape index (κ2) is 11.5. The molecule has 6 heteroatoms. The minimum atomic E-state index is -0.246. The van der Waals surface area contributed by atoms with Crippen LogP contribution in [0.15, 0.2) is 24.3 Å². The second-order valence-electron chi connectivity index (χ2n) is 6.76. The third-order valence-corrected chi connectivity index (χ3v) is 4.45. The van der Waals surface area contributed by atoms with Gasteiger partial charge in [0.2, 0.25) is 5.91 Å². The number of hydrogen-bond donors (Lipinski definition) is 3. The van der Waals surface area contributed by atoms with E-state index in [0.29, 0.717) is 18.7 Å². The molecule has 1 fully saturated rings. The van der Waals surface area contributed by atoms with Crippen molar-refractivity contribution in [3.05, 3.63) is 24.3 Å². The van der Waals surface area contributed by atoms with Gasteiger partial charge in [-0.15, -0.1) is 0 Å². The van der Waals surface area contributed by atoms with Crippen molar-refractivity contribution in [1.82, 2.24) is 5.32 Å². The van der Waals surface area contributed by atoms with Crippen molar-refractivity contribution in [1.29, 1.82) is 0 Å². The zero-order valence-corrected chi connectivity index (χ0v) is 15.7. The number of ether oxygens (including phenoxy) is 1. The Morgan fingerprint density at radius 2 is 1.73 bits per heavy atom. The van der Waals surface area contributed by atoms with Gasteiger partial charge in [-0.25, -0.2) is 4.79 Å². The number of unbranched alkanes of at least 4 members (excludes halogenated alkanes) is 4. The maximum absolute atomic E-state index is 11.9. The van der Waals surface area contributed by atoms with Crippen LogP contribution in [0.3, 0.4) is 0 Å². The van der Waals surface area contributed by atoms with Gasteiger partial charge in [-0.1, -0.05) is 32.6 Å². The lowest BCUT2D eigenvalue weighted by molar-refractivity contribution is -0.116. The average molecular weight is 361 g/mol. The smallest absolute Gasteiger partial charge is 0.319 e. The van der Waals surface area contributed by atoms with Gasteiger partial charge in [0.05, 0.1) is 6.10 Å². The fourth-order valence-electron chi connectivity index (χ4n) is 2.94. The van der Waals surface area contributed by atoms with Crippen molar-refractivity contribution >= 4 is 23.3 Å². The molecule has 26 heavy (non-hydrogen) atoms. The van der Waals surface area contributed by atoms with Crippen LogP contribution in [0.4, 0.5) is 16.2 Å². The van der Waals surface area contributed by atoms with Gasteiger partial charge in [0.25, 0.3) is 0 Å². The normalized spacial score (nSPS) is 16.3. The summed E-state index contributed by atoms with van der Waals surface area (Å²) in [4.78, 5) is 23.8. The zero-order valence-electron chi connectivity index (χ0n) is 15.7. The average Bonchev–Trinajstić information content (AvgIpc) is 3.15. The first-order chi connectivity index (χ1) is 12.7. The monoisotopic (exact) mass is 361 g/mol. The minimum Gasteiger partial charge on any atom is -0.376 e. The molecule has 1 saturated heterocycles. The van der Waals surface area contributed by atoms with Gasteiger partial charge in [-0.05, 0) is 43.5 Å². The lowest BCUT2D eigenvalue weighted by Gasteiger charge is -2.12. The van der Waals surface area contributed by atoms with Crippen LogP contribution in [0.1, 0.15) is 58.3 Å². The SMILES string of the molecule is CCCCCCCC(=O)Nc1ccc(NC(=O)NCC2CCCO2)cc1. The lowest BCUT2D eigenvalue weighted by Crippen LogP contribution is -2.35. The highest BCUT2D eigenvalue weighted by Crippen LogP contribution is 2.15. The number of amides is 3. The fourth-order valence-corrected chi connectivity index (χ4v) is 2.94. The summed E-state index contributed by atoms with van der Waals surface area (Å²) in [6.07, 6.45) is 8.39. The molecule has 1 unspecified atom stereocenters. The molecule has 0 saturated carbocycles. The summed E-state index contributed by atoms with van der Waals surface area (Å²) in [5.74, 6) is 0.0384. The van der Waals surface area contributed by atoms with Crippen LogP contribution < -0.4 is 16.0 Å². The van der Waals surface area contributed by atoms with Crippen molar-refractivity contribution < 1.29 is 14.3 Å². The third kappa shape index (κ3) is 7.87. The topological polar surface area (TPSA) is 79.5 Å². The molecule has 1 heterocycles. The van der Waals surface area contributed by atoms with Gasteiger partial charge in [-0.2, -0.15) is 0 Å². The number of rotatable bonds is 10.